The second kappa shape index (κ2) is 56.0. The molecule has 0 amide bonds. The third kappa shape index (κ3) is 54.2. The molecule has 0 aromatic heterocycles. The van der Waals surface area contributed by atoms with E-state index in [9.17, 15) is 14.4 Å². The van der Waals surface area contributed by atoms with Gasteiger partial charge in [-0.05, 0) is 64.2 Å². The van der Waals surface area contributed by atoms with E-state index in [4.69, 9.17) is 14.2 Å². The lowest BCUT2D eigenvalue weighted by Gasteiger charge is -2.18. The summed E-state index contributed by atoms with van der Waals surface area (Å²) in [5.74, 6) is -0.896. The van der Waals surface area contributed by atoms with E-state index in [0.29, 0.717) is 19.3 Å². The molecular weight excluding hydrogens is 829 g/mol. The normalized spacial score (nSPS) is 12.3. The number of rotatable bonds is 53. The smallest absolute Gasteiger partial charge is 0.306 e. The summed E-state index contributed by atoms with van der Waals surface area (Å²) in [4.78, 5) is 38.1. The van der Waals surface area contributed by atoms with E-state index in [-0.39, 0.29) is 31.1 Å². The molecule has 0 aliphatic carbocycles. The molecule has 1 atom stereocenters. The van der Waals surface area contributed by atoms with Gasteiger partial charge in [0.1, 0.15) is 13.2 Å². The summed E-state index contributed by atoms with van der Waals surface area (Å²) in [5.41, 5.74) is 0. The number of unbranched alkanes of at least 4 members (excludes halogenated alkanes) is 34. The Morgan fingerprint density at radius 1 is 0.299 bits per heavy atom. The highest BCUT2D eigenvalue weighted by Gasteiger charge is 2.19. The minimum atomic E-state index is -0.786. The fourth-order valence-electron chi connectivity index (χ4n) is 8.43. The zero-order valence-corrected chi connectivity index (χ0v) is 44.7. The van der Waals surface area contributed by atoms with Crippen molar-refractivity contribution in [1.29, 1.82) is 0 Å². The van der Waals surface area contributed by atoms with Crippen molar-refractivity contribution in [1.82, 2.24) is 0 Å². The van der Waals surface area contributed by atoms with Crippen molar-refractivity contribution in [3.63, 3.8) is 0 Å². The molecule has 0 heterocycles. The number of ether oxygens (including phenoxy) is 3. The summed E-state index contributed by atoms with van der Waals surface area (Å²) in [7, 11) is 0. The van der Waals surface area contributed by atoms with Crippen molar-refractivity contribution < 1.29 is 28.6 Å². The van der Waals surface area contributed by atoms with Crippen LogP contribution in [0.15, 0.2) is 48.6 Å². The van der Waals surface area contributed by atoms with E-state index < -0.39 is 6.10 Å². The van der Waals surface area contributed by atoms with E-state index in [1.807, 2.05) is 0 Å². The van der Waals surface area contributed by atoms with Crippen LogP contribution in [0.5, 0.6) is 0 Å². The molecule has 0 fully saturated rings. The fourth-order valence-corrected chi connectivity index (χ4v) is 8.43. The molecule has 6 nitrogen and oxygen atoms in total. The summed E-state index contributed by atoms with van der Waals surface area (Å²) < 4.78 is 16.9. The second-order valence-corrected chi connectivity index (χ2v) is 19.6. The molecule has 0 saturated heterocycles. The van der Waals surface area contributed by atoms with Gasteiger partial charge in [-0.1, -0.05) is 268 Å². The molecule has 390 valence electrons. The molecule has 0 aromatic carbocycles. The first-order chi connectivity index (χ1) is 33.0. The number of carbonyl (C=O) groups is 3. The van der Waals surface area contributed by atoms with Crippen LogP contribution in [0.1, 0.15) is 303 Å². The summed E-state index contributed by atoms with van der Waals surface area (Å²) in [6.07, 6.45) is 68.1. The number of hydrogen-bond donors (Lipinski definition) is 0. The molecule has 0 N–H and O–H groups in total. The topological polar surface area (TPSA) is 78.9 Å². The first kappa shape index (κ1) is 64.4. The zero-order valence-electron chi connectivity index (χ0n) is 44.7. The Morgan fingerprint density at radius 2 is 0.537 bits per heavy atom. The van der Waals surface area contributed by atoms with Gasteiger partial charge in [-0.3, -0.25) is 14.4 Å². The van der Waals surface area contributed by atoms with Crippen molar-refractivity contribution in [2.75, 3.05) is 13.2 Å². The molecular formula is C61H110O6. The van der Waals surface area contributed by atoms with E-state index >= 15 is 0 Å². The van der Waals surface area contributed by atoms with E-state index in [0.717, 1.165) is 83.5 Å². The van der Waals surface area contributed by atoms with Crippen LogP contribution in [-0.2, 0) is 28.6 Å². The Hall–Kier alpha value is -2.63. The highest BCUT2D eigenvalue weighted by atomic mass is 16.6. The van der Waals surface area contributed by atoms with Gasteiger partial charge in [-0.2, -0.15) is 0 Å². The van der Waals surface area contributed by atoms with Crippen LogP contribution in [0.25, 0.3) is 0 Å². The van der Waals surface area contributed by atoms with Gasteiger partial charge in [0, 0.05) is 19.3 Å². The predicted octanol–water partition coefficient (Wildman–Crippen LogP) is 19.4. The largest absolute Gasteiger partial charge is 0.462 e. The Kier molecular flexibility index (Phi) is 53.8. The highest BCUT2D eigenvalue weighted by Crippen LogP contribution is 2.16. The Morgan fingerprint density at radius 3 is 0.866 bits per heavy atom. The molecule has 67 heavy (non-hydrogen) atoms. The van der Waals surface area contributed by atoms with Gasteiger partial charge in [0.15, 0.2) is 6.10 Å². The lowest BCUT2D eigenvalue weighted by Crippen LogP contribution is -2.30. The Bertz CT molecular complexity index is 1170. The first-order valence-corrected chi connectivity index (χ1v) is 29.1. The van der Waals surface area contributed by atoms with E-state index in [1.54, 1.807) is 0 Å². The van der Waals surface area contributed by atoms with Crippen LogP contribution in [0.3, 0.4) is 0 Å². The van der Waals surface area contributed by atoms with Crippen molar-refractivity contribution >= 4 is 17.9 Å². The highest BCUT2D eigenvalue weighted by molar-refractivity contribution is 5.71. The van der Waals surface area contributed by atoms with Gasteiger partial charge in [0.25, 0.3) is 0 Å². The third-order valence-corrected chi connectivity index (χ3v) is 12.8. The molecule has 0 unspecified atom stereocenters. The maximum absolute atomic E-state index is 12.8. The van der Waals surface area contributed by atoms with Gasteiger partial charge < -0.3 is 14.2 Å². The lowest BCUT2D eigenvalue weighted by atomic mass is 10.0. The van der Waals surface area contributed by atoms with Crippen molar-refractivity contribution in [2.24, 2.45) is 0 Å². The molecule has 0 aliphatic heterocycles. The average molecular weight is 940 g/mol. The van der Waals surface area contributed by atoms with Crippen LogP contribution >= 0.6 is 0 Å². The number of allylic oxidation sites excluding steroid dienone is 8. The fraction of sp³-hybridized carbons (Fsp3) is 0.820. The molecule has 0 bridgehead atoms. The second-order valence-electron chi connectivity index (χ2n) is 19.6. The molecule has 0 rings (SSSR count). The van der Waals surface area contributed by atoms with Gasteiger partial charge in [0.05, 0.1) is 0 Å². The molecule has 0 radical (unpaired) electrons. The number of hydrogen-bond acceptors (Lipinski definition) is 6. The minimum Gasteiger partial charge on any atom is -0.462 e. The SMILES string of the molecule is CCCCC/C=C\C/C=C\C/C=C\C/C=C\CCCCCC(=O)O[C@@H](COC(=O)CCCCCCCCCCCCCCC)COC(=O)CCCCCCCCCCCCCCCCCCC. The zero-order chi connectivity index (χ0) is 48.6. The quantitative estimate of drug-likeness (QED) is 0.0262. The molecule has 0 spiro atoms. The molecule has 0 aliphatic rings. The standard InChI is InChI=1S/C61H110O6/c1-4-7-10-13-16-19-22-25-27-29-30-32-34-37-40-43-46-49-52-55-61(64)67-58(56-65-59(62)53-50-47-44-41-38-35-24-21-18-15-12-9-6-3)57-66-60(63)54-51-48-45-42-39-36-33-31-28-26-23-20-17-14-11-8-5-2/h16,19,25,27,30,32,37,40,58H,4-15,17-18,20-24,26,28-29,31,33-36,38-39,41-57H2,1-3H3/b19-16-,27-25-,32-30-,40-37-/t58-/m0/s1. The van der Waals surface area contributed by atoms with Gasteiger partial charge >= 0.3 is 17.9 Å². The van der Waals surface area contributed by atoms with E-state index in [2.05, 4.69) is 69.4 Å². The maximum Gasteiger partial charge on any atom is 0.306 e. The van der Waals surface area contributed by atoms with Crippen molar-refractivity contribution in [3.8, 4) is 0 Å². The summed E-state index contributed by atoms with van der Waals surface area (Å²) >= 11 is 0. The third-order valence-electron chi connectivity index (χ3n) is 12.8. The van der Waals surface area contributed by atoms with Crippen molar-refractivity contribution in [2.45, 2.75) is 309 Å². The Labute approximate surface area is 416 Å². The van der Waals surface area contributed by atoms with E-state index in [1.165, 1.54) is 180 Å². The van der Waals surface area contributed by atoms with Crippen LogP contribution in [-0.4, -0.2) is 37.2 Å². The van der Waals surface area contributed by atoms with Crippen LogP contribution < -0.4 is 0 Å². The average Bonchev–Trinajstić information content (AvgIpc) is 3.33. The first-order valence-electron chi connectivity index (χ1n) is 29.1. The minimum absolute atomic E-state index is 0.0817. The van der Waals surface area contributed by atoms with Gasteiger partial charge in [-0.25, -0.2) is 0 Å². The van der Waals surface area contributed by atoms with Crippen LogP contribution in [0.2, 0.25) is 0 Å². The number of carbonyl (C=O) groups excluding carboxylic acids is 3. The Balaban J connectivity index is 4.40. The van der Waals surface area contributed by atoms with Gasteiger partial charge in [-0.15, -0.1) is 0 Å². The van der Waals surface area contributed by atoms with Crippen LogP contribution in [0.4, 0.5) is 0 Å². The maximum atomic E-state index is 12.8. The molecule has 0 aromatic rings. The van der Waals surface area contributed by atoms with Gasteiger partial charge in [0.2, 0.25) is 0 Å². The number of esters is 3. The molecule has 0 saturated carbocycles. The van der Waals surface area contributed by atoms with Crippen LogP contribution in [0, 0.1) is 0 Å². The van der Waals surface area contributed by atoms with Crippen molar-refractivity contribution in [3.05, 3.63) is 48.6 Å². The predicted molar refractivity (Wildman–Crippen MR) is 289 cm³/mol. The summed E-state index contributed by atoms with van der Waals surface area (Å²) in [6, 6.07) is 0. The lowest BCUT2D eigenvalue weighted by molar-refractivity contribution is -0.167. The molecule has 6 heteroatoms. The summed E-state index contributed by atoms with van der Waals surface area (Å²) in [6.45, 7) is 6.62. The monoisotopic (exact) mass is 939 g/mol. The summed E-state index contributed by atoms with van der Waals surface area (Å²) in [5, 5.41) is 0.